The molecule has 12 heteroatoms. The Balaban J connectivity index is 1.54. The predicted molar refractivity (Wildman–Crippen MR) is 105 cm³/mol. The van der Waals surface area contributed by atoms with Crippen molar-refractivity contribution in [2.24, 2.45) is 7.05 Å². The molecule has 3 aromatic rings. The number of halogens is 3. The van der Waals surface area contributed by atoms with Gasteiger partial charge in [0.15, 0.2) is 24.1 Å². The fraction of sp³-hybridized carbons (Fsp3) is 0.300. The molecule has 0 spiro atoms. The topological polar surface area (TPSA) is 94.4 Å². The summed E-state index contributed by atoms with van der Waals surface area (Å²) in [5.74, 6) is -2.17. The number of carbonyl (C=O) groups excluding carboxylic acids is 1. The number of nitrogens with zero attached hydrogens (tertiary/aromatic N) is 5. The van der Waals surface area contributed by atoms with Gasteiger partial charge in [-0.3, -0.25) is 4.79 Å². The van der Waals surface area contributed by atoms with Crippen molar-refractivity contribution in [3.05, 3.63) is 53.1 Å². The normalized spacial score (nSPS) is 17.2. The van der Waals surface area contributed by atoms with Crippen molar-refractivity contribution in [2.75, 3.05) is 23.4 Å². The van der Waals surface area contributed by atoms with Gasteiger partial charge in [0, 0.05) is 30.7 Å². The van der Waals surface area contributed by atoms with E-state index in [1.165, 1.54) is 16.9 Å². The molecule has 1 aromatic heterocycles. The third kappa shape index (κ3) is 3.57. The number of tetrazole rings is 1. The van der Waals surface area contributed by atoms with Crippen LogP contribution in [-0.4, -0.2) is 45.4 Å². The van der Waals surface area contributed by atoms with E-state index in [9.17, 15) is 13.6 Å². The van der Waals surface area contributed by atoms with Crippen molar-refractivity contribution in [1.29, 1.82) is 0 Å². The van der Waals surface area contributed by atoms with Crippen LogP contribution < -0.4 is 19.7 Å². The number of amides is 1. The molecule has 0 aliphatic carbocycles. The molecule has 3 heterocycles. The molecule has 0 radical (unpaired) electrons. The van der Waals surface area contributed by atoms with Crippen molar-refractivity contribution in [2.45, 2.75) is 19.0 Å². The molecule has 2 aromatic carbocycles. The van der Waals surface area contributed by atoms with Gasteiger partial charge < -0.3 is 19.7 Å². The van der Waals surface area contributed by atoms with E-state index in [1.54, 1.807) is 11.9 Å². The second kappa shape index (κ2) is 7.70. The Morgan fingerprint density at radius 2 is 2.03 bits per heavy atom. The fourth-order valence-electron chi connectivity index (χ4n) is 3.85. The number of aromatic nitrogens is 4. The van der Waals surface area contributed by atoms with Crippen molar-refractivity contribution in [3.8, 4) is 11.5 Å². The number of nitrogens with one attached hydrogen (secondary N) is 1. The highest BCUT2D eigenvalue weighted by molar-refractivity contribution is 5.95. The summed E-state index contributed by atoms with van der Waals surface area (Å²) < 4.78 is 54.7. The van der Waals surface area contributed by atoms with Gasteiger partial charge in [-0.2, -0.15) is 4.80 Å². The van der Waals surface area contributed by atoms with Crippen LogP contribution in [0, 0.1) is 17.5 Å². The Kier molecular flexibility index (Phi) is 4.83. The second-order valence-corrected chi connectivity index (χ2v) is 7.47. The molecule has 2 aliphatic rings. The highest BCUT2D eigenvalue weighted by atomic mass is 19.1. The van der Waals surface area contributed by atoms with Crippen LogP contribution in [0.2, 0.25) is 0 Å². The SMILES string of the molecule is Cn1nnc(C[C@H]2COc3cc(F)cc(F)c3N2Cc2ccc3c(c2F)NC(=O)CO3)n1. The van der Waals surface area contributed by atoms with Gasteiger partial charge in [0.1, 0.15) is 35.3 Å². The van der Waals surface area contributed by atoms with Crippen LogP contribution in [0.4, 0.5) is 24.5 Å². The van der Waals surface area contributed by atoms with Crippen LogP contribution in [0.5, 0.6) is 11.5 Å². The van der Waals surface area contributed by atoms with Gasteiger partial charge in [0.05, 0.1) is 13.1 Å². The van der Waals surface area contributed by atoms with Gasteiger partial charge in [-0.1, -0.05) is 6.07 Å². The van der Waals surface area contributed by atoms with E-state index in [0.717, 1.165) is 12.1 Å². The van der Waals surface area contributed by atoms with Crippen LogP contribution >= 0.6 is 0 Å². The molecular formula is C20H17F3N6O3. The van der Waals surface area contributed by atoms with Crippen molar-refractivity contribution < 1.29 is 27.4 Å². The minimum absolute atomic E-state index is 0.00365. The molecule has 0 fully saturated rings. The standard InChI is InChI=1S/C20H17F3N6O3/c1-28-26-16(25-27-28)6-12-8-31-15-5-11(21)4-13(22)20(15)29(12)7-10-2-3-14-19(18(10)23)24-17(30)9-32-14/h2-5,12H,6-9H2,1H3,(H,24,30)/t12-/m0/s1. The lowest BCUT2D eigenvalue weighted by atomic mass is 10.0. The van der Waals surface area contributed by atoms with Crippen LogP contribution in [0.25, 0.3) is 0 Å². The maximum atomic E-state index is 15.2. The summed E-state index contributed by atoms with van der Waals surface area (Å²) in [6.45, 7) is -0.216. The Hall–Kier alpha value is -3.83. The summed E-state index contributed by atoms with van der Waals surface area (Å²) in [6.07, 6.45) is 0.233. The monoisotopic (exact) mass is 446 g/mol. The third-order valence-corrected chi connectivity index (χ3v) is 5.27. The Morgan fingerprint density at radius 3 is 2.81 bits per heavy atom. The number of hydrogen-bond donors (Lipinski definition) is 1. The molecule has 0 bridgehead atoms. The smallest absolute Gasteiger partial charge is 0.262 e. The molecule has 1 amide bonds. The predicted octanol–water partition coefficient (Wildman–Crippen LogP) is 1.97. The summed E-state index contributed by atoms with van der Waals surface area (Å²) in [5, 5.41) is 14.4. The lowest BCUT2D eigenvalue weighted by molar-refractivity contribution is -0.118. The van der Waals surface area contributed by atoms with Crippen LogP contribution in [0.3, 0.4) is 0 Å². The number of fused-ring (bicyclic) bond motifs is 2. The Bertz CT molecular complexity index is 1220. The summed E-state index contributed by atoms with van der Waals surface area (Å²) in [6, 6.07) is 4.37. The zero-order valence-electron chi connectivity index (χ0n) is 16.8. The number of carbonyl (C=O) groups is 1. The first-order valence-corrected chi connectivity index (χ1v) is 9.74. The molecule has 2 aliphatic heterocycles. The summed E-state index contributed by atoms with van der Waals surface area (Å²) >= 11 is 0. The van der Waals surface area contributed by atoms with Crippen molar-refractivity contribution in [1.82, 2.24) is 20.2 Å². The fourth-order valence-corrected chi connectivity index (χ4v) is 3.85. The first-order chi connectivity index (χ1) is 15.4. The Labute approximate surface area is 179 Å². The average molecular weight is 446 g/mol. The zero-order valence-corrected chi connectivity index (χ0v) is 16.8. The summed E-state index contributed by atoms with van der Waals surface area (Å²) in [4.78, 5) is 14.5. The first-order valence-electron chi connectivity index (χ1n) is 9.74. The van der Waals surface area contributed by atoms with Gasteiger partial charge in [-0.05, 0) is 11.3 Å². The minimum Gasteiger partial charge on any atom is -0.489 e. The zero-order chi connectivity index (χ0) is 22.4. The van der Waals surface area contributed by atoms with Crippen molar-refractivity contribution >= 4 is 17.3 Å². The molecule has 0 saturated carbocycles. The quantitative estimate of drug-likeness (QED) is 0.655. The number of aryl methyl sites for hydroxylation is 1. The van der Waals surface area contributed by atoms with E-state index in [2.05, 4.69) is 20.7 Å². The largest absolute Gasteiger partial charge is 0.489 e. The number of anilines is 2. The number of hydrogen-bond acceptors (Lipinski definition) is 7. The molecule has 0 saturated heterocycles. The molecule has 1 atom stereocenters. The van der Waals surface area contributed by atoms with E-state index in [0.29, 0.717) is 5.82 Å². The van der Waals surface area contributed by atoms with Gasteiger partial charge in [-0.25, -0.2) is 13.2 Å². The number of benzene rings is 2. The first kappa shape index (κ1) is 20.1. The number of ether oxygens (including phenoxy) is 2. The molecule has 1 N–H and O–H groups in total. The van der Waals surface area contributed by atoms with Crippen LogP contribution in [0.1, 0.15) is 11.4 Å². The van der Waals surface area contributed by atoms with Gasteiger partial charge >= 0.3 is 0 Å². The lowest BCUT2D eigenvalue weighted by Crippen LogP contribution is -2.45. The van der Waals surface area contributed by atoms with Gasteiger partial charge in [0.2, 0.25) is 0 Å². The van der Waals surface area contributed by atoms with Gasteiger partial charge in [0.25, 0.3) is 5.91 Å². The minimum atomic E-state index is -0.841. The third-order valence-electron chi connectivity index (χ3n) is 5.27. The van der Waals surface area contributed by atoms with Crippen LogP contribution in [-0.2, 0) is 24.8 Å². The van der Waals surface area contributed by atoms with Crippen LogP contribution in [0.15, 0.2) is 24.3 Å². The molecule has 32 heavy (non-hydrogen) atoms. The van der Waals surface area contributed by atoms with Crippen molar-refractivity contribution in [3.63, 3.8) is 0 Å². The van der Waals surface area contributed by atoms with Gasteiger partial charge in [-0.15, -0.1) is 10.2 Å². The molecule has 166 valence electrons. The maximum absolute atomic E-state index is 15.2. The molecule has 9 nitrogen and oxygen atoms in total. The van der Waals surface area contributed by atoms with E-state index < -0.39 is 29.4 Å². The summed E-state index contributed by atoms with van der Waals surface area (Å²) in [7, 11) is 1.61. The molecule has 5 rings (SSSR count). The number of rotatable bonds is 4. The van der Waals surface area contributed by atoms with E-state index in [-0.39, 0.29) is 54.6 Å². The highest BCUT2D eigenvalue weighted by Crippen LogP contribution is 2.40. The van der Waals surface area contributed by atoms with E-state index in [1.807, 2.05) is 0 Å². The lowest BCUT2D eigenvalue weighted by Gasteiger charge is -2.38. The molecular weight excluding hydrogens is 429 g/mol. The molecule has 0 unspecified atom stereocenters. The van der Waals surface area contributed by atoms with E-state index >= 15 is 4.39 Å². The second-order valence-electron chi connectivity index (χ2n) is 7.47. The highest BCUT2D eigenvalue weighted by Gasteiger charge is 2.33. The Morgan fingerprint density at radius 1 is 1.19 bits per heavy atom. The summed E-state index contributed by atoms with van der Waals surface area (Å²) in [5.41, 5.74) is 0.117. The maximum Gasteiger partial charge on any atom is 0.262 e. The van der Waals surface area contributed by atoms with E-state index in [4.69, 9.17) is 9.47 Å². The average Bonchev–Trinajstić information content (AvgIpc) is 3.16.